The van der Waals surface area contributed by atoms with Gasteiger partial charge < -0.3 is 9.73 Å². The lowest BCUT2D eigenvalue weighted by Crippen LogP contribution is -2.13. The molecule has 0 atom stereocenters. The summed E-state index contributed by atoms with van der Waals surface area (Å²) in [5.74, 6) is 0.913. The van der Waals surface area contributed by atoms with Crippen LogP contribution in [0.2, 0.25) is 0 Å². The number of nitrogens with one attached hydrogen (secondary N) is 1. The molecule has 1 heterocycles. The number of para-hydroxylation sites is 1. The monoisotopic (exact) mass is 393 g/mol. The summed E-state index contributed by atoms with van der Waals surface area (Å²) in [6.07, 6.45) is 5.85. The number of benzene rings is 2. The molecule has 1 saturated carbocycles. The predicted molar refractivity (Wildman–Crippen MR) is 111 cm³/mol. The summed E-state index contributed by atoms with van der Waals surface area (Å²) in [6.45, 7) is 0. The number of nitrogens with zero attached hydrogens (tertiary/aromatic N) is 2. The molecule has 1 N–H and O–H groups in total. The van der Waals surface area contributed by atoms with Crippen LogP contribution < -0.4 is 5.32 Å². The van der Waals surface area contributed by atoms with Gasteiger partial charge in [0.1, 0.15) is 0 Å². The molecule has 1 aliphatic carbocycles. The Morgan fingerprint density at radius 3 is 2.61 bits per heavy atom. The van der Waals surface area contributed by atoms with Gasteiger partial charge in [-0.25, -0.2) is 0 Å². The Balaban J connectivity index is 1.33. The highest BCUT2D eigenvalue weighted by Crippen LogP contribution is 2.38. The van der Waals surface area contributed by atoms with Crippen molar-refractivity contribution in [2.45, 2.75) is 48.7 Å². The number of carbonyl (C=O) groups excluding carboxylic acids is 1. The molecule has 6 heteroatoms. The molecule has 1 aliphatic rings. The summed E-state index contributed by atoms with van der Waals surface area (Å²) in [5.41, 5.74) is 1.77. The Morgan fingerprint density at radius 2 is 1.79 bits per heavy atom. The topological polar surface area (TPSA) is 68.0 Å². The van der Waals surface area contributed by atoms with Crippen molar-refractivity contribution in [3.8, 4) is 11.5 Å². The zero-order chi connectivity index (χ0) is 19.2. The van der Waals surface area contributed by atoms with Crippen LogP contribution in [0.5, 0.6) is 0 Å². The van der Waals surface area contributed by atoms with Gasteiger partial charge in [-0.3, -0.25) is 4.79 Å². The van der Waals surface area contributed by atoms with Crippen LogP contribution in [-0.2, 0) is 11.2 Å². The van der Waals surface area contributed by atoms with Crippen molar-refractivity contribution in [2.75, 3.05) is 5.32 Å². The van der Waals surface area contributed by atoms with Gasteiger partial charge in [-0.15, -0.1) is 22.0 Å². The van der Waals surface area contributed by atoms with E-state index >= 15 is 0 Å². The number of anilines is 1. The van der Waals surface area contributed by atoms with Gasteiger partial charge in [-0.1, -0.05) is 43.2 Å². The van der Waals surface area contributed by atoms with E-state index in [-0.39, 0.29) is 5.91 Å². The second-order valence-corrected chi connectivity index (χ2v) is 8.28. The fraction of sp³-hybridized carbons (Fsp3) is 0.318. The van der Waals surface area contributed by atoms with Gasteiger partial charge in [-0.2, -0.15) is 0 Å². The van der Waals surface area contributed by atoms with E-state index in [0.717, 1.165) is 16.1 Å². The summed E-state index contributed by atoms with van der Waals surface area (Å²) < 4.78 is 5.68. The number of rotatable bonds is 7. The van der Waals surface area contributed by atoms with E-state index < -0.39 is 0 Å². The molecular weight excluding hydrogens is 370 g/mol. The first-order valence-corrected chi connectivity index (χ1v) is 10.6. The third kappa shape index (κ3) is 4.81. The molecule has 4 rings (SSSR count). The van der Waals surface area contributed by atoms with E-state index in [0.29, 0.717) is 29.9 Å². The molecule has 0 aliphatic heterocycles. The van der Waals surface area contributed by atoms with Crippen LogP contribution in [0.3, 0.4) is 0 Å². The van der Waals surface area contributed by atoms with Gasteiger partial charge >= 0.3 is 0 Å². The van der Waals surface area contributed by atoms with E-state index in [1.807, 2.05) is 60.3 Å². The van der Waals surface area contributed by atoms with Crippen LogP contribution in [0.15, 0.2) is 63.9 Å². The van der Waals surface area contributed by atoms with Crippen LogP contribution >= 0.6 is 11.8 Å². The largest absolute Gasteiger partial charge is 0.421 e. The molecule has 3 aromatic rings. The van der Waals surface area contributed by atoms with Gasteiger partial charge in [0.2, 0.25) is 17.7 Å². The Kier molecular flexibility index (Phi) is 6.07. The average molecular weight is 394 g/mol. The first kappa shape index (κ1) is 18.7. The minimum absolute atomic E-state index is 0.0427. The molecule has 1 amide bonds. The highest BCUT2D eigenvalue weighted by Gasteiger charge is 2.18. The minimum Gasteiger partial charge on any atom is -0.421 e. The van der Waals surface area contributed by atoms with Crippen LogP contribution in [0.1, 0.15) is 38.0 Å². The van der Waals surface area contributed by atoms with Crippen LogP contribution in [0.4, 0.5) is 5.69 Å². The normalized spacial score (nSPS) is 14.3. The SMILES string of the molecule is O=C(CCc1nnc(-c2ccccc2)o1)Nc1ccccc1SC1CCCC1. The standard InChI is InChI=1S/C22H23N3O2S/c26-20(14-15-21-24-25-22(27-21)16-8-2-1-3-9-16)23-18-12-6-7-13-19(18)28-17-10-4-5-11-17/h1-3,6-9,12-13,17H,4-5,10-11,14-15H2,(H,23,26). The van der Waals surface area contributed by atoms with Crippen LogP contribution in [0, 0.1) is 0 Å². The summed E-state index contributed by atoms with van der Waals surface area (Å²) in [4.78, 5) is 13.6. The van der Waals surface area contributed by atoms with E-state index in [4.69, 9.17) is 4.42 Å². The zero-order valence-electron chi connectivity index (χ0n) is 15.6. The second kappa shape index (κ2) is 9.06. The second-order valence-electron chi connectivity index (χ2n) is 6.94. The van der Waals surface area contributed by atoms with Gasteiger partial charge in [-0.05, 0) is 37.1 Å². The molecule has 5 nitrogen and oxygen atoms in total. The molecule has 0 bridgehead atoms. The summed E-state index contributed by atoms with van der Waals surface area (Å²) in [6, 6.07) is 17.7. The zero-order valence-corrected chi connectivity index (χ0v) is 16.5. The average Bonchev–Trinajstić information content (AvgIpc) is 3.41. The van der Waals surface area contributed by atoms with Crippen molar-refractivity contribution in [1.82, 2.24) is 10.2 Å². The van der Waals surface area contributed by atoms with Gasteiger partial charge in [0.05, 0.1) is 5.69 Å². The highest BCUT2D eigenvalue weighted by molar-refractivity contribution is 8.00. The Hall–Kier alpha value is -2.60. The lowest BCUT2D eigenvalue weighted by Gasteiger charge is -2.13. The first-order chi connectivity index (χ1) is 13.8. The molecule has 0 saturated heterocycles. The fourth-order valence-corrected chi connectivity index (χ4v) is 4.67. The number of aromatic nitrogens is 2. The first-order valence-electron chi connectivity index (χ1n) is 9.71. The molecule has 0 unspecified atom stereocenters. The predicted octanol–water partition coefficient (Wildman–Crippen LogP) is 5.34. The molecule has 1 aromatic heterocycles. The summed E-state index contributed by atoms with van der Waals surface area (Å²) >= 11 is 1.88. The lowest BCUT2D eigenvalue weighted by molar-refractivity contribution is -0.116. The maximum atomic E-state index is 12.4. The molecule has 28 heavy (non-hydrogen) atoms. The van der Waals surface area contributed by atoms with E-state index in [1.54, 1.807) is 0 Å². The Labute approximate surface area is 168 Å². The summed E-state index contributed by atoms with van der Waals surface area (Å²) in [5, 5.41) is 11.8. The van der Waals surface area contributed by atoms with Gasteiger partial charge in [0.15, 0.2) is 0 Å². The van der Waals surface area contributed by atoms with Crippen molar-refractivity contribution < 1.29 is 9.21 Å². The van der Waals surface area contributed by atoms with Crippen LogP contribution in [0.25, 0.3) is 11.5 Å². The minimum atomic E-state index is -0.0427. The molecule has 1 fully saturated rings. The van der Waals surface area contributed by atoms with Crippen molar-refractivity contribution in [3.05, 3.63) is 60.5 Å². The van der Waals surface area contributed by atoms with Crippen molar-refractivity contribution >= 4 is 23.4 Å². The fourth-order valence-electron chi connectivity index (χ4n) is 3.34. The maximum Gasteiger partial charge on any atom is 0.247 e. The smallest absolute Gasteiger partial charge is 0.247 e. The van der Waals surface area contributed by atoms with Crippen molar-refractivity contribution in [2.24, 2.45) is 0 Å². The van der Waals surface area contributed by atoms with Gasteiger partial charge in [0, 0.05) is 28.6 Å². The molecule has 0 radical (unpaired) electrons. The van der Waals surface area contributed by atoms with Crippen LogP contribution in [-0.4, -0.2) is 21.4 Å². The van der Waals surface area contributed by atoms with E-state index in [2.05, 4.69) is 21.6 Å². The third-order valence-electron chi connectivity index (χ3n) is 4.81. The third-order valence-corrected chi connectivity index (χ3v) is 6.23. The highest BCUT2D eigenvalue weighted by atomic mass is 32.2. The number of thioether (sulfide) groups is 1. The van der Waals surface area contributed by atoms with E-state index in [9.17, 15) is 4.79 Å². The Bertz CT molecular complexity index is 920. The molecular formula is C22H23N3O2S. The molecule has 144 valence electrons. The maximum absolute atomic E-state index is 12.4. The van der Waals surface area contributed by atoms with Gasteiger partial charge in [0.25, 0.3) is 0 Å². The van der Waals surface area contributed by atoms with E-state index in [1.165, 1.54) is 25.7 Å². The molecule has 0 spiro atoms. The van der Waals surface area contributed by atoms with Crippen molar-refractivity contribution in [1.29, 1.82) is 0 Å². The summed E-state index contributed by atoms with van der Waals surface area (Å²) in [7, 11) is 0. The van der Waals surface area contributed by atoms with Crippen molar-refractivity contribution in [3.63, 3.8) is 0 Å². The number of hydrogen-bond acceptors (Lipinski definition) is 5. The number of amides is 1. The lowest BCUT2D eigenvalue weighted by atomic mass is 10.2. The number of aryl methyl sites for hydroxylation is 1. The number of hydrogen-bond donors (Lipinski definition) is 1. The Morgan fingerprint density at radius 1 is 1.04 bits per heavy atom. The quantitative estimate of drug-likeness (QED) is 0.586. The number of carbonyl (C=O) groups is 1. The molecule has 2 aromatic carbocycles.